The van der Waals surface area contributed by atoms with E-state index in [9.17, 15) is 24.6 Å². The van der Waals surface area contributed by atoms with Crippen LogP contribution in [0.1, 0.15) is 75.3 Å². The number of nitrogens with one attached hydrogen (secondary N) is 1. The molecule has 3 fully saturated rings. The summed E-state index contributed by atoms with van der Waals surface area (Å²) in [4.78, 5) is 66.1. The van der Waals surface area contributed by atoms with E-state index < -0.39 is 63.5 Å². The topological polar surface area (TPSA) is 171 Å². The van der Waals surface area contributed by atoms with Crippen molar-refractivity contribution in [1.29, 1.82) is 0 Å². The summed E-state index contributed by atoms with van der Waals surface area (Å²) < 4.78 is 23.7. The normalized spacial score (nSPS) is 36.5. The second-order valence-corrected chi connectivity index (χ2v) is 18.1. The van der Waals surface area contributed by atoms with E-state index in [0.717, 1.165) is 16.5 Å². The lowest BCUT2D eigenvalue weighted by Gasteiger charge is -2.63. The Morgan fingerprint density at radius 1 is 0.967 bits per heavy atom. The molecule has 5 unspecified atom stereocenters. The molecule has 0 radical (unpaired) electrons. The maximum atomic E-state index is 15.3. The molecular formula is C46H56N4O10. The van der Waals surface area contributed by atoms with E-state index >= 15 is 4.79 Å². The maximum Gasteiger partial charge on any atom is 0.344 e. The average Bonchev–Trinajstić information content (AvgIpc) is 3.92. The summed E-state index contributed by atoms with van der Waals surface area (Å²) in [5.74, 6) is -2.06. The van der Waals surface area contributed by atoms with Crippen LogP contribution in [0.2, 0.25) is 0 Å². The summed E-state index contributed by atoms with van der Waals surface area (Å²) in [6, 6.07) is 9.97. The number of para-hydroxylation sites is 1. The predicted molar refractivity (Wildman–Crippen MR) is 221 cm³/mol. The number of anilines is 1. The number of amides is 1. The Balaban J connectivity index is 1.38. The van der Waals surface area contributed by atoms with Crippen LogP contribution in [0.4, 0.5) is 5.69 Å². The summed E-state index contributed by atoms with van der Waals surface area (Å²) in [5.41, 5.74) is -3.15. The van der Waals surface area contributed by atoms with Gasteiger partial charge in [-0.05, 0) is 74.2 Å². The Bertz CT molecular complexity index is 2310. The van der Waals surface area contributed by atoms with Gasteiger partial charge in [0.05, 0.1) is 38.7 Å². The van der Waals surface area contributed by atoms with Gasteiger partial charge in [0, 0.05) is 78.2 Å². The molecule has 1 aromatic heterocycles. The van der Waals surface area contributed by atoms with Gasteiger partial charge in [-0.25, -0.2) is 4.79 Å². The van der Waals surface area contributed by atoms with Crippen LogP contribution in [0.3, 0.4) is 0 Å². The van der Waals surface area contributed by atoms with E-state index in [0.29, 0.717) is 99.5 Å². The molecule has 3 N–H and O–H groups in total. The highest BCUT2D eigenvalue weighted by Crippen LogP contribution is 2.68. The standard InChI is InChI=1S/C46H56N4O10/c1-7-42(55)22-28-23-45(40(53)58-5,36-30(14-18-48(24-28)25-42)29-12-9-10-13-33(29)47-36)32-20-31-34(21-35(32)57-4)50(26-51)38-44(31)16-19-49-17-11-15-43(8-2,37(44)49)39(60-27(3)52)46(38,56)41(54)59-6/h9-13,15,20-21,26,28,37-39,47,55-56H,7-8,14,16-19,22-25H2,1-6H3/t28?,37?,38?,39?,42-,43+,44+,45-,46-/m0/s1. The maximum absolute atomic E-state index is 15.3. The molecule has 6 aliphatic rings. The molecule has 320 valence electrons. The number of piperidine rings is 1. The first-order valence-electron chi connectivity index (χ1n) is 21.3. The van der Waals surface area contributed by atoms with Gasteiger partial charge in [0.15, 0.2) is 6.10 Å². The van der Waals surface area contributed by atoms with Crippen LogP contribution >= 0.6 is 0 Å². The monoisotopic (exact) mass is 824 g/mol. The summed E-state index contributed by atoms with van der Waals surface area (Å²) in [6.45, 7) is 8.16. The lowest BCUT2D eigenvalue weighted by Crippen LogP contribution is -2.81. The SMILES string of the molecule is CC[C@]1(O)CC2CN(CCc3c([nH]c4ccccc34)[C@@](C(=O)OC)(c3cc4c(cc3OC)N(C=O)C3[C@@](O)(C(=O)OC)C(OC(C)=O)[C@]5(CC)C=CCN6CC[C@]43C65)C2)C1. The number of hydrogen-bond acceptors (Lipinski definition) is 12. The van der Waals surface area contributed by atoms with Crippen LogP contribution in [0, 0.1) is 11.3 Å². The molecule has 14 heteroatoms. The number of H-pyrrole nitrogens is 1. The number of aliphatic hydroxyl groups is 2. The lowest BCUT2D eigenvalue weighted by molar-refractivity contribution is -0.228. The molecule has 2 saturated heterocycles. The molecule has 1 aliphatic carbocycles. The van der Waals surface area contributed by atoms with Crippen molar-refractivity contribution in [2.75, 3.05) is 59.0 Å². The highest BCUT2D eigenvalue weighted by molar-refractivity contribution is 5.96. The molecule has 6 heterocycles. The number of carbonyl (C=O) groups is 4. The second kappa shape index (κ2) is 14.1. The number of nitrogens with zero attached hydrogens (tertiary/aromatic N) is 3. The van der Waals surface area contributed by atoms with Crippen LogP contribution in [-0.4, -0.2) is 133 Å². The number of rotatable bonds is 8. The third-order valence-corrected chi connectivity index (χ3v) is 15.5. The quantitative estimate of drug-likeness (QED) is 0.131. The van der Waals surface area contributed by atoms with Crippen molar-refractivity contribution in [2.45, 2.75) is 99.5 Å². The van der Waals surface area contributed by atoms with Crippen molar-refractivity contribution < 1.29 is 48.3 Å². The molecule has 14 nitrogen and oxygen atoms in total. The zero-order chi connectivity index (χ0) is 42.6. The zero-order valence-electron chi connectivity index (χ0n) is 35.3. The molecule has 3 aromatic rings. The Morgan fingerprint density at radius 2 is 1.73 bits per heavy atom. The smallest absolute Gasteiger partial charge is 0.344 e. The molecule has 1 spiro atoms. The summed E-state index contributed by atoms with van der Waals surface area (Å²) in [6.07, 6.45) is 5.83. The van der Waals surface area contributed by atoms with Crippen molar-refractivity contribution in [1.82, 2.24) is 14.8 Å². The van der Waals surface area contributed by atoms with Crippen molar-refractivity contribution in [2.24, 2.45) is 11.3 Å². The molecule has 60 heavy (non-hydrogen) atoms. The molecule has 2 aromatic carbocycles. The molecule has 9 rings (SSSR count). The van der Waals surface area contributed by atoms with Gasteiger partial charge in [-0.1, -0.05) is 44.2 Å². The van der Waals surface area contributed by atoms with E-state index in [1.807, 2.05) is 50.3 Å². The third-order valence-electron chi connectivity index (χ3n) is 15.5. The van der Waals surface area contributed by atoms with E-state index in [1.54, 1.807) is 6.07 Å². The Morgan fingerprint density at radius 3 is 2.42 bits per heavy atom. The zero-order valence-corrected chi connectivity index (χ0v) is 35.3. The van der Waals surface area contributed by atoms with Gasteiger partial charge in [-0.3, -0.25) is 24.2 Å². The molecular weight excluding hydrogens is 769 g/mol. The Kier molecular flexibility index (Phi) is 9.58. The van der Waals surface area contributed by atoms with E-state index in [-0.39, 0.29) is 12.3 Å². The molecule has 2 bridgehead atoms. The number of aromatic amines is 1. The third kappa shape index (κ3) is 5.19. The Labute approximate surface area is 349 Å². The van der Waals surface area contributed by atoms with Crippen molar-refractivity contribution >= 4 is 40.9 Å². The number of hydrogen-bond donors (Lipinski definition) is 3. The molecule has 5 aliphatic heterocycles. The fourth-order valence-corrected chi connectivity index (χ4v) is 13.4. The Hall–Kier alpha value is -4.76. The minimum atomic E-state index is -2.53. The molecule has 1 amide bonds. The van der Waals surface area contributed by atoms with Gasteiger partial charge in [0.1, 0.15) is 11.2 Å². The van der Waals surface area contributed by atoms with Gasteiger partial charge < -0.3 is 39.0 Å². The van der Waals surface area contributed by atoms with Crippen LogP contribution in [0.15, 0.2) is 48.6 Å². The first-order chi connectivity index (χ1) is 28.8. The number of fused-ring (bicyclic) bond motifs is 6. The average molecular weight is 825 g/mol. The first-order valence-corrected chi connectivity index (χ1v) is 21.3. The largest absolute Gasteiger partial charge is 0.496 e. The van der Waals surface area contributed by atoms with Gasteiger partial charge in [0.25, 0.3) is 0 Å². The lowest BCUT2D eigenvalue weighted by atomic mass is 9.47. The van der Waals surface area contributed by atoms with Crippen molar-refractivity contribution in [3.63, 3.8) is 0 Å². The minimum absolute atomic E-state index is 0.155. The summed E-state index contributed by atoms with van der Waals surface area (Å²) >= 11 is 0. The van der Waals surface area contributed by atoms with Crippen LogP contribution < -0.4 is 9.64 Å². The van der Waals surface area contributed by atoms with Gasteiger partial charge in [-0.15, -0.1) is 0 Å². The number of ether oxygens (including phenoxy) is 4. The first kappa shape index (κ1) is 40.6. The van der Waals surface area contributed by atoms with E-state index in [2.05, 4.69) is 20.9 Å². The predicted octanol–water partition coefficient (Wildman–Crippen LogP) is 3.52. The second-order valence-electron chi connectivity index (χ2n) is 18.1. The summed E-state index contributed by atoms with van der Waals surface area (Å²) in [5, 5.41) is 26.3. The molecule has 1 saturated carbocycles. The van der Waals surface area contributed by atoms with Crippen LogP contribution in [-0.2, 0) is 50.6 Å². The van der Waals surface area contributed by atoms with Gasteiger partial charge >= 0.3 is 17.9 Å². The number of aromatic nitrogens is 1. The summed E-state index contributed by atoms with van der Waals surface area (Å²) in [7, 11) is 4.09. The minimum Gasteiger partial charge on any atom is -0.496 e. The fourth-order valence-electron chi connectivity index (χ4n) is 13.4. The molecule has 10 atom stereocenters. The van der Waals surface area contributed by atoms with Crippen molar-refractivity contribution in [3.8, 4) is 5.75 Å². The van der Waals surface area contributed by atoms with E-state index in [1.165, 1.54) is 33.2 Å². The number of benzene rings is 2. The van der Waals surface area contributed by atoms with Gasteiger partial charge in [-0.2, -0.15) is 0 Å². The highest BCUT2D eigenvalue weighted by Gasteiger charge is 2.81. The number of methoxy groups -OCH3 is 3. The number of carbonyl (C=O) groups excluding carboxylic acids is 4. The van der Waals surface area contributed by atoms with Crippen LogP contribution in [0.25, 0.3) is 10.9 Å². The number of esters is 3. The van der Waals surface area contributed by atoms with Gasteiger partial charge in [0.2, 0.25) is 12.0 Å². The van der Waals surface area contributed by atoms with Crippen LogP contribution in [0.5, 0.6) is 5.75 Å². The highest BCUT2D eigenvalue weighted by atomic mass is 16.6. The van der Waals surface area contributed by atoms with Crippen molar-refractivity contribution in [3.05, 3.63) is 70.9 Å². The fraction of sp³-hybridized carbons (Fsp3) is 0.565. The van der Waals surface area contributed by atoms with E-state index in [4.69, 9.17) is 18.9 Å².